The predicted octanol–water partition coefficient (Wildman–Crippen LogP) is 4.14. The molecule has 0 aromatic heterocycles. The number of nitrogens with zero attached hydrogens (tertiary/aromatic N) is 2. The minimum absolute atomic E-state index is 0.0474. The summed E-state index contributed by atoms with van der Waals surface area (Å²) in [5.74, 6) is -0.0555. The summed E-state index contributed by atoms with van der Waals surface area (Å²) in [6, 6.07) is 18.3. The predicted molar refractivity (Wildman–Crippen MR) is 136 cm³/mol. The lowest BCUT2D eigenvalue weighted by atomic mass is 10.1. The van der Waals surface area contributed by atoms with Crippen LogP contribution in [0.15, 0.2) is 66.2 Å². The molecule has 1 N–H and O–H groups in total. The van der Waals surface area contributed by atoms with Gasteiger partial charge in [0.2, 0.25) is 6.79 Å². The van der Waals surface area contributed by atoms with Crippen LogP contribution in [0.1, 0.15) is 16.7 Å². The number of carbonyl (C=O) groups is 3. The minimum Gasteiger partial charge on any atom is -0.488 e. The molecule has 2 heterocycles. The Balaban J connectivity index is 1.38. The van der Waals surface area contributed by atoms with Gasteiger partial charge in [-0.2, -0.15) is 5.26 Å². The van der Waals surface area contributed by atoms with E-state index in [0.717, 1.165) is 14.0 Å². The second-order valence-corrected chi connectivity index (χ2v) is 8.91. The van der Waals surface area contributed by atoms with Crippen molar-refractivity contribution in [3.05, 3.63) is 86.5 Å². The zero-order valence-corrected chi connectivity index (χ0v) is 20.6. The Morgan fingerprint density at radius 2 is 1.86 bits per heavy atom. The third-order valence-electron chi connectivity index (χ3n) is 5.50. The molecule has 0 spiro atoms. The number of barbiturate groups is 1. The third-order valence-corrected chi connectivity index (χ3v) is 6.35. The van der Waals surface area contributed by atoms with Crippen LogP contribution in [0.3, 0.4) is 0 Å². The van der Waals surface area contributed by atoms with Crippen molar-refractivity contribution in [2.75, 3.05) is 11.7 Å². The van der Waals surface area contributed by atoms with Crippen LogP contribution in [-0.2, 0) is 16.2 Å². The molecule has 0 aliphatic carbocycles. The van der Waals surface area contributed by atoms with E-state index in [0.29, 0.717) is 28.4 Å². The molecule has 3 aromatic carbocycles. The standard InChI is InChI=1S/C26H16IN3O6/c27-20-10-15(5-7-21(20)34-13-17-4-2-1-3-16(17)12-28)9-19-24(31)29-26(33)30(25(19)32)18-6-8-22-23(11-18)36-14-35-22/h1-11H,13-14H2,(H,29,31,33)/b19-9+. The molecule has 0 bridgehead atoms. The lowest BCUT2D eigenvalue weighted by Gasteiger charge is -2.26. The first-order valence-corrected chi connectivity index (χ1v) is 11.7. The fourth-order valence-electron chi connectivity index (χ4n) is 3.72. The van der Waals surface area contributed by atoms with E-state index in [4.69, 9.17) is 14.2 Å². The van der Waals surface area contributed by atoms with Gasteiger partial charge < -0.3 is 14.2 Å². The highest BCUT2D eigenvalue weighted by atomic mass is 127. The molecular weight excluding hydrogens is 577 g/mol. The number of ether oxygens (including phenoxy) is 3. The molecule has 2 aliphatic rings. The van der Waals surface area contributed by atoms with Gasteiger partial charge in [-0.05, 0) is 64.6 Å². The van der Waals surface area contributed by atoms with Crippen molar-refractivity contribution in [1.82, 2.24) is 5.32 Å². The van der Waals surface area contributed by atoms with Crippen LogP contribution < -0.4 is 24.4 Å². The highest BCUT2D eigenvalue weighted by Gasteiger charge is 2.37. The monoisotopic (exact) mass is 593 g/mol. The van der Waals surface area contributed by atoms with Crippen molar-refractivity contribution in [3.63, 3.8) is 0 Å². The smallest absolute Gasteiger partial charge is 0.335 e. The minimum atomic E-state index is -0.850. The number of fused-ring (bicyclic) bond motifs is 1. The molecule has 10 heteroatoms. The van der Waals surface area contributed by atoms with Gasteiger partial charge in [0.05, 0.1) is 20.9 Å². The summed E-state index contributed by atoms with van der Waals surface area (Å²) in [6.07, 6.45) is 1.42. The van der Waals surface area contributed by atoms with E-state index in [1.54, 1.807) is 36.4 Å². The highest BCUT2D eigenvalue weighted by molar-refractivity contribution is 14.1. The van der Waals surface area contributed by atoms with Crippen molar-refractivity contribution in [3.8, 4) is 23.3 Å². The van der Waals surface area contributed by atoms with Gasteiger partial charge in [0.1, 0.15) is 17.9 Å². The second kappa shape index (κ2) is 9.71. The lowest BCUT2D eigenvalue weighted by molar-refractivity contribution is -0.122. The molecule has 0 unspecified atom stereocenters. The van der Waals surface area contributed by atoms with E-state index in [1.165, 1.54) is 18.2 Å². The summed E-state index contributed by atoms with van der Waals surface area (Å²) in [5.41, 5.74) is 1.93. The molecule has 36 heavy (non-hydrogen) atoms. The van der Waals surface area contributed by atoms with Crippen molar-refractivity contribution in [2.24, 2.45) is 0 Å². The van der Waals surface area contributed by atoms with E-state index in [-0.39, 0.29) is 24.7 Å². The molecule has 2 aliphatic heterocycles. The van der Waals surface area contributed by atoms with Crippen LogP contribution >= 0.6 is 22.6 Å². The van der Waals surface area contributed by atoms with Gasteiger partial charge in [0, 0.05) is 11.6 Å². The van der Waals surface area contributed by atoms with Gasteiger partial charge in [-0.25, -0.2) is 9.69 Å². The van der Waals surface area contributed by atoms with Crippen molar-refractivity contribution in [2.45, 2.75) is 6.61 Å². The number of halogens is 1. The number of benzene rings is 3. The number of hydrogen-bond acceptors (Lipinski definition) is 7. The quantitative estimate of drug-likeness (QED) is 0.269. The van der Waals surface area contributed by atoms with Gasteiger partial charge in [-0.1, -0.05) is 24.3 Å². The van der Waals surface area contributed by atoms with E-state index in [9.17, 15) is 19.6 Å². The molecule has 0 radical (unpaired) electrons. The van der Waals surface area contributed by atoms with Crippen LogP contribution in [0.4, 0.5) is 10.5 Å². The first kappa shape index (κ1) is 23.4. The maximum atomic E-state index is 13.2. The molecule has 0 saturated carbocycles. The molecule has 3 aromatic rings. The Hall–Kier alpha value is -4.37. The highest BCUT2D eigenvalue weighted by Crippen LogP contribution is 2.36. The normalized spacial score (nSPS) is 15.6. The van der Waals surface area contributed by atoms with Crippen molar-refractivity contribution < 1.29 is 28.6 Å². The van der Waals surface area contributed by atoms with Crippen LogP contribution in [0.25, 0.3) is 6.08 Å². The summed E-state index contributed by atoms with van der Waals surface area (Å²) in [6.45, 7) is 0.263. The molecule has 1 fully saturated rings. The summed E-state index contributed by atoms with van der Waals surface area (Å²) in [5, 5.41) is 11.4. The largest absolute Gasteiger partial charge is 0.488 e. The Morgan fingerprint density at radius 1 is 1.06 bits per heavy atom. The molecule has 0 atom stereocenters. The average Bonchev–Trinajstić information content (AvgIpc) is 3.34. The fourth-order valence-corrected chi connectivity index (χ4v) is 4.41. The molecule has 4 amide bonds. The Kier molecular flexibility index (Phi) is 6.30. The number of amides is 4. The number of imide groups is 2. The summed E-state index contributed by atoms with van der Waals surface area (Å²) < 4.78 is 17.2. The number of anilines is 1. The Bertz CT molecular complexity index is 1490. The molecule has 1 saturated heterocycles. The SMILES string of the molecule is N#Cc1ccccc1COc1ccc(/C=C2\C(=O)NC(=O)N(c3ccc4c(c3)OCO4)C2=O)cc1I. The van der Waals surface area contributed by atoms with E-state index in [1.807, 2.05) is 12.1 Å². The molecule has 5 rings (SSSR count). The van der Waals surface area contributed by atoms with Crippen molar-refractivity contribution >= 4 is 52.2 Å². The Labute approximate surface area is 219 Å². The average molecular weight is 593 g/mol. The maximum Gasteiger partial charge on any atom is 0.335 e. The van der Waals surface area contributed by atoms with Gasteiger partial charge in [-0.3, -0.25) is 14.9 Å². The number of hydrogen-bond donors (Lipinski definition) is 1. The molecule has 178 valence electrons. The molecular formula is C26H16IN3O6. The summed E-state index contributed by atoms with van der Waals surface area (Å²) in [7, 11) is 0. The number of carbonyl (C=O) groups excluding carboxylic acids is 3. The number of nitrogens with one attached hydrogen (secondary N) is 1. The Morgan fingerprint density at radius 3 is 2.67 bits per heavy atom. The van der Waals surface area contributed by atoms with E-state index >= 15 is 0 Å². The van der Waals surface area contributed by atoms with Crippen LogP contribution in [0.2, 0.25) is 0 Å². The van der Waals surface area contributed by atoms with Gasteiger partial charge >= 0.3 is 6.03 Å². The molecule has 9 nitrogen and oxygen atoms in total. The number of nitriles is 1. The maximum absolute atomic E-state index is 13.2. The van der Waals surface area contributed by atoms with E-state index in [2.05, 4.69) is 34.0 Å². The first-order valence-electron chi connectivity index (χ1n) is 10.7. The zero-order chi connectivity index (χ0) is 25.2. The number of rotatable bonds is 5. The fraction of sp³-hybridized carbons (Fsp3) is 0.0769. The zero-order valence-electron chi connectivity index (χ0n) is 18.5. The van der Waals surface area contributed by atoms with Crippen LogP contribution in [-0.4, -0.2) is 24.6 Å². The van der Waals surface area contributed by atoms with Crippen LogP contribution in [0.5, 0.6) is 17.2 Å². The topological polar surface area (TPSA) is 118 Å². The lowest BCUT2D eigenvalue weighted by Crippen LogP contribution is -2.54. The number of urea groups is 1. The van der Waals surface area contributed by atoms with Gasteiger partial charge in [0.25, 0.3) is 11.8 Å². The summed E-state index contributed by atoms with van der Waals surface area (Å²) >= 11 is 2.09. The van der Waals surface area contributed by atoms with Gasteiger partial charge in [-0.15, -0.1) is 0 Å². The van der Waals surface area contributed by atoms with E-state index < -0.39 is 17.8 Å². The first-order chi connectivity index (χ1) is 17.4. The van der Waals surface area contributed by atoms with Gasteiger partial charge in [0.15, 0.2) is 11.5 Å². The van der Waals surface area contributed by atoms with Crippen LogP contribution in [0, 0.1) is 14.9 Å². The summed E-state index contributed by atoms with van der Waals surface area (Å²) in [4.78, 5) is 39.0. The third kappa shape index (κ3) is 4.48. The second-order valence-electron chi connectivity index (χ2n) is 7.74. The van der Waals surface area contributed by atoms with Crippen molar-refractivity contribution in [1.29, 1.82) is 5.26 Å².